The van der Waals surface area contributed by atoms with Crippen LogP contribution in [0.4, 0.5) is 0 Å². The average molecular weight is 152 g/mol. The average Bonchev–Trinajstić information content (AvgIpc) is 2.16. The number of hydrogen-bond donors (Lipinski definition) is 0. The van der Waals surface area contributed by atoms with Gasteiger partial charge in [-0.1, -0.05) is 0 Å². The van der Waals surface area contributed by atoms with Crippen molar-refractivity contribution >= 4 is 27.6 Å². The Hall–Kier alpha value is 0.305. The number of hydrogen-bond acceptors (Lipinski definition) is 2. The predicted octanol–water partition coefficient (Wildman–Crippen LogP) is -0.322. The van der Waals surface area contributed by atoms with Gasteiger partial charge < -0.3 is 0 Å². The van der Waals surface area contributed by atoms with Gasteiger partial charge in [-0.15, -0.1) is 0 Å². The standard InChI is InChI=1S/C3H6BClO2S/c4-3(1-2-3)8(5,6)7/h1-2,4H2. The SMILES string of the molecule is BC1(S(=O)(=O)Cl)CC1. The van der Waals surface area contributed by atoms with Crippen LogP contribution in [0.25, 0.3) is 0 Å². The van der Waals surface area contributed by atoms with E-state index in [-0.39, 0.29) is 0 Å². The Morgan fingerprint density at radius 2 is 1.88 bits per heavy atom. The molecule has 0 saturated heterocycles. The van der Waals surface area contributed by atoms with Crippen molar-refractivity contribution in [1.82, 2.24) is 0 Å². The Balaban J connectivity index is 2.90. The molecule has 0 aromatic rings. The molecule has 46 valence electrons. The maximum Gasteiger partial charge on any atom is 0.230 e. The van der Waals surface area contributed by atoms with Gasteiger partial charge in [-0.25, -0.2) is 8.42 Å². The summed E-state index contributed by atoms with van der Waals surface area (Å²) in [6.45, 7) is 0. The molecule has 1 saturated carbocycles. The molecule has 5 heteroatoms. The zero-order valence-corrected chi connectivity index (χ0v) is 6.09. The fourth-order valence-electron chi connectivity index (χ4n) is 0.420. The fraction of sp³-hybridized carbons (Fsp3) is 1.00. The molecule has 2 nitrogen and oxygen atoms in total. The molecule has 0 atom stereocenters. The van der Waals surface area contributed by atoms with E-state index >= 15 is 0 Å². The molecule has 1 fully saturated rings. The van der Waals surface area contributed by atoms with Gasteiger partial charge in [0.05, 0.1) is 4.65 Å². The molecular formula is C3H6BClO2S. The summed E-state index contributed by atoms with van der Waals surface area (Å²) in [6.07, 6.45) is 1.44. The summed E-state index contributed by atoms with van der Waals surface area (Å²) in [7, 11) is 3.45. The van der Waals surface area contributed by atoms with Crippen LogP contribution in [0.15, 0.2) is 0 Å². The molecule has 0 radical (unpaired) electrons. The van der Waals surface area contributed by atoms with Crippen LogP contribution in [-0.2, 0) is 9.05 Å². The zero-order valence-electron chi connectivity index (χ0n) is 4.52. The molecule has 0 spiro atoms. The normalized spacial score (nSPS) is 25.1. The van der Waals surface area contributed by atoms with Crippen molar-refractivity contribution in [2.24, 2.45) is 0 Å². The Kier molecular flexibility index (Phi) is 1.14. The maximum atomic E-state index is 10.5. The van der Waals surface area contributed by atoms with Gasteiger partial charge in [0.25, 0.3) is 0 Å². The largest absolute Gasteiger partial charge is 0.230 e. The summed E-state index contributed by atoms with van der Waals surface area (Å²) in [5, 5.41) is 0. The monoisotopic (exact) mass is 152 g/mol. The quantitative estimate of drug-likeness (QED) is 0.381. The fourth-order valence-corrected chi connectivity index (χ4v) is 1.47. The van der Waals surface area contributed by atoms with Crippen molar-refractivity contribution in [2.75, 3.05) is 0 Å². The number of rotatable bonds is 1. The van der Waals surface area contributed by atoms with Gasteiger partial charge in [0.1, 0.15) is 7.85 Å². The van der Waals surface area contributed by atoms with E-state index in [4.69, 9.17) is 10.7 Å². The van der Waals surface area contributed by atoms with Crippen LogP contribution < -0.4 is 0 Å². The molecule has 0 N–H and O–H groups in total. The molecule has 1 rings (SSSR count). The van der Waals surface area contributed by atoms with Crippen molar-refractivity contribution in [3.05, 3.63) is 0 Å². The minimum Gasteiger partial charge on any atom is -0.212 e. The molecule has 0 bridgehead atoms. The van der Waals surface area contributed by atoms with Crippen LogP contribution in [0.5, 0.6) is 0 Å². The second-order valence-corrected chi connectivity index (χ2v) is 5.47. The highest BCUT2D eigenvalue weighted by molar-refractivity contribution is 8.15. The van der Waals surface area contributed by atoms with E-state index in [1.54, 1.807) is 7.85 Å². The third-order valence-electron chi connectivity index (χ3n) is 1.54. The van der Waals surface area contributed by atoms with Crippen LogP contribution in [0.3, 0.4) is 0 Å². The summed E-state index contributed by atoms with van der Waals surface area (Å²) in [5.41, 5.74) is 0. The van der Waals surface area contributed by atoms with E-state index in [0.29, 0.717) is 0 Å². The van der Waals surface area contributed by atoms with E-state index in [0.717, 1.165) is 12.8 Å². The molecule has 0 aliphatic heterocycles. The summed E-state index contributed by atoms with van der Waals surface area (Å²) >= 11 is 0. The minimum absolute atomic E-state index is 0.575. The van der Waals surface area contributed by atoms with Crippen LogP contribution in [0.1, 0.15) is 12.8 Å². The first-order valence-electron chi connectivity index (χ1n) is 2.40. The van der Waals surface area contributed by atoms with Crippen molar-refractivity contribution in [3.63, 3.8) is 0 Å². The molecule has 0 aromatic carbocycles. The molecule has 0 amide bonds. The highest BCUT2D eigenvalue weighted by atomic mass is 35.7. The van der Waals surface area contributed by atoms with E-state index in [2.05, 4.69) is 0 Å². The highest BCUT2D eigenvalue weighted by Gasteiger charge is 2.48. The second-order valence-electron chi connectivity index (χ2n) is 2.39. The van der Waals surface area contributed by atoms with E-state index in [1.165, 1.54) is 0 Å². The molecule has 0 aromatic heterocycles. The third-order valence-corrected chi connectivity index (χ3v) is 4.25. The van der Waals surface area contributed by atoms with Gasteiger partial charge in [0.15, 0.2) is 0 Å². The summed E-state index contributed by atoms with van der Waals surface area (Å²) in [4.78, 5) is 0. The molecule has 1 aliphatic carbocycles. The van der Waals surface area contributed by atoms with E-state index in [1.807, 2.05) is 0 Å². The Labute approximate surface area is 54.0 Å². The predicted molar refractivity (Wildman–Crippen MR) is 35.3 cm³/mol. The second kappa shape index (κ2) is 1.42. The first-order valence-corrected chi connectivity index (χ1v) is 4.71. The van der Waals surface area contributed by atoms with Crippen LogP contribution in [-0.4, -0.2) is 20.9 Å². The molecule has 0 heterocycles. The Morgan fingerprint density at radius 3 is 1.88 bits per heavy atom. The maximum absolute atomic E-state index is 10.5. The van der Waals surface area contributed by atoms with Gasteiger partial charge in [-0.3, -0.25) is 0 Å². The molecule has 0 unspecified atom stereocenters. The smallest absolute Gasteiger partial charge is 0.212 e. The van der Waals surface area contributed by atoms with Crippen LogP contribution >= 0.6 is 10.7 Å². The summed E-state index contributed by atoms with van der Waals surface area (Å²) in [5.74, 6) is 0. The van der Waals surface area contributed by atoms with E-state index in [9.17, 15) is 8.42 Å². The van der Waals surface area contributed by atoms with Crippen molar-refractivity contribution in [1.29, 1.82) is 0 Å². The highest BCUT2D eigenvalue weighted by Crippen LogP contribution is 2.41. The lowest BCUT2D eigenvalue weighted by molar-refractivity contribution is 0.605. The van der Waals surface area contributed by atoms with Crippen molar-refractivity contribution in [3.8, 4) is 0 Å². The molecule has 8 heavy (non-hydrogen) atoms. The Morgan fingerprint density at radius 1 is 1.50 bits per heavy atom. The molecular weight excluding hydrogens is 146 g/mol. The lowest BCUT2D eigenvalue weighted by Gasteiger charge is -1.98. The summed E-state index contributed by atoms with van der Waals surface area (Å²) < 4.78 is 20.4. The van der Waals surface area contributed by atoms with Gasteiger partial charge in [0.2, 0.25) is 9.05 Å². The van der Waals surface area contributed by atoms with Crippen LogP contribution in [0, 0.1) is 0 Å². The molecule has 1 aliphatic rings. The topological polar surface area (TPSA) is 34.1 Å². The third kappa shape index (κ3) is 0.867. The Bertz CT molecular complexity index is 193. The van der Waals surface area contributed by atoms with Gasteiger partial charge in [0, 0.05) is 10.7 Å². The summed E-state index contributed by atoms with van der Waals surface area (Å²) in [6, 6.07) is 0. The van der Waals surface area contributed by atoms with Gasteiger partial charge in [-0.05, 0) is 12.8 Å². The lowest BCUT2D eigenvalue weighted by Crippen LogP contribution is -2.16. The van der Waals surface area contributed by atoms with Crippen molar-refractivity contribution in [2.45, 2.75) is 17.5 Å². The zero-order chi connectivity index (χ0) is 6.41. The first-order chi connectivity index (χ1) is 3.46. The first kappa shape index (κ1) is 6.43. The van der Waals surface area contributed by atoms with E-state index < -0.39 is 13.7 Å². The lowest BCUT2D eigenvalue weighted by atomic mass is 10.0. The van der Waals surface area contributed by atoms with Crippen molar-refractivity contribution < 1.29 is 8.42 Å². The van der Waals surface area contributed by atoms with Gasteiger partial charge in [-0.2, -0.15) is 0 Å². The minimum atomic E-state index is -3.26. The van der Waals surface area contributed by atoms with Crippen LogP contribution in [0.2, 0.25) is 0 Å². The number of halogens is 1. The van der Waals surface area contributed by atoms with Gasteiger partial charge >= 0.3 is 0 Å².